The van der Waals surface area contributed by atoms with Crippen molar-refractivity contribution in [1.29, 1.82) is 0 Å². The predicted octanol–water partition coefficient (Wildman–Crippen LogP) is 1.90. The Kier molecular flexibility index (Phi) is 4.26. The topological polar surface area (TPSA) is 46.2 Å². The van der Waals surface area contributed by atoms with Crippen LogP contribution in [0, 0.1) is 5.92 Å². The van der Waals surface area contributed by atoms with Crippen LogP contribution >= 0.6 is 0 Å². The zero-order valence-corrected chi connectivity index (χ0v) is 11.4. The molecule has 1 heterocycles. The molecule has 3 nitrogen and oxygen atoms in total. The Bertz CT molecular complexity index is 386. The van der Waals surface area contributed by atoms with Gasteiger partial charge in [0.05, 0.1) is 11.5 Å². The standard InChI is InChI=1S/C13H23NO2S/c1-2-8-14-13(11-5-3-4-6-11)12-7-9-17(15,16)10-12/h5,12-14H,2-4,6-10H2,1H3. The Hall–Kier alpha value is -0.350. The molecule has 0 aromatic rings. The van der Waals surface area contributed by atoms with E-state index < -0.39 is 9.84 Å². The van der Waals surface area contributed by atoms with Gasteiger partial charge in [-0.25, -0.2) is 8.42 Å². The molecular weight excluding hydrogens is 234 g/mol. The van der Waals surface area contributed by atoms with E-state index in [-0.39, 0.29) is 0 Å². The van der Waals surface area contributed by atoms with Gasteiger partial charge >= 0.3 is 0 Å². The first kappa shape index (κ1) is 13.1. The maximum atomic E-state index is 11.6. The van der Waals surface area contributed by atoms with Gasteiger partial charge in [0, 0.05) is 6.04 Å². The molecule has 2 unspecified atom stereocenters. The molecule has 17 heavy (non-hydrogen) atoms. The molecule has 2 rings (SSSR count). The van der Waals surface area contributed by atoms with Gasteiger partial charge < -0.3 is 5.32 Å². The summed E-state index contributed by atoms with van der Waals surface area (Å²) in [4.78, 5) is 0. The van der Waals surface area contributed by atoms with Crippen LogP contribution in [0.25, 0.3) is 0 Å². The third-order valence-corrected chi connectivity index (χ3v) is 5.62. The van der Waals surface area contributed by atoms with E-state index in [1.54, 1.807) is 0 Å². The number of rotatable bonds is 5. The molecule has 0 saturated carbocycles. The summed E-state index contributed by atoms with van der Waals surface area (Å²) >= 11 is 0. The van der Waals surface area contributed by atoms with Gasteiger partial charge in [-0.15, -0.1) is 0 Å². The summed E-state index contributed by atoms with van der Waals surface area (Å²) in [6.45, 7) is 3.14. The molecule has 2 aliphatic rings. The Labute approximate surface area is 105 Å². The molecule has 2 atom stereocenters. The second-order valence-corrected chi connectivity index (χ2v) is 7.49. The molecule has 0 aromatic heterocycles. The molecular formula is C13H23NO2S. The van der Waals surface area contributed by atoms with Crippen LogP contribution in [0.1, 0.15) is 39.0 Å². The largest absolute Gasteiger partial charge is 0.310 e. The average molecular weight is 257 g/mol. The lowest BCUT2D eigenvalue weighted by molar-refractivity contribution is 0.419. The molecule has 1 N–H and O–H groups in total. The van der Waals surface area contributed by atoms with E-state index in [9.17, 15) is 8.42 Å². The molecule has 0 bridgehead atoms. The normalized spacial score (nSPS) is 29.2. The Morgan fingerprint density at radius 1 is 1.53 bits per heavy atom. The van der Waals surface area contributed by atoms with Crippen LogP contribution in [0.2, 0.25) is 0 Å². The van der Waals surface area contributed by atoms with E-state index >= 15 is 0 Å². The minimum absolute atomic E-state index is 0.302. The fourth-order valence-electron chi connectivity index (χ4n) is 2.97. The molecule has 1 fully saturated rings. The predicted molar refractivity (Wildman–Crippen MR) is 70.8 cm³/mol. The summed E-state index contributed by atoms with van der Waals surface area (Å²) in [6, 6.07) is 0.315. The summed E-state index contributed by atoms with van der Waals surface area (Å²) in [7, 11) is -2.76. The fraction of sp³-hybridized carbons (Fsp3) is 0.846. The van der Waals surface area contributed by atoms with Crippen LogP contribution in [-0.2, 0) is 9.84 Å². The van der Waals surface area contributed by atoms with E-state index in [2.05, 4.69) is 18.3 Å². The lowest BCUT2D eigenvalue weighted by Crippen LogP contribution is -2.38. The van der Waals surface area contributed by atoms with Crippen molar-refractivity contribution in [3.8, 4) is 0 Å². The highest BCUT2D eigenvalue weighted by Gasteiger charge is 2.35. The molecule has 0 amide bonds. The van der Waals surface area contributed by atoms with Crippen molar-refractivity contribution in [2.45, 2.75) is 45.1 Å². The molecule has 1 aliphatic heterocycles. The van der Waals surface area contributed by atoms with Crippen molar-refractivity contribution in [2.75, 3.05) is 18.1 Å². The van der Waals surface area contributed by atoms with Crippen LogP contribution in [-0.4, -0.2) is 32.5 Å². The fourth-order valence-corrected chi connectivity index (χ4v) is 4.81. The monoisotopic (exact) mass is 257 g/mol. The Morgan fingerprint density at radius 3 is 2.88 bits per heavy atom. The van der Waals surface area contributed by atoms with Crippen molar-refractivity contribution in [3.63, 3.8) is 0 Å². The summed E-state index contributed by atoms with van der Waals surface area (Å²) in [5, 5.41) is 3.56. The van der Waals surface area contributed by atoms with Crippen molar-refractivity contribution in [2.24, 2.45) is 5.92 Å². The summed E-state index contributed by atoms with van der Waals surface area (Å²) in [5.41, 5.74) is 1.46. The SMILES string of the molecule is CCCNC(C1=CCCC1)C1CCS(=O)(=O)C1. The van der Waals surface area contributed by atoms with Crippen LogP contribution in [0.3, 0.4) is 0 Å². The number of sulfone groups is 1. The van der Waals surface area contributed by atoms with Gasteiger partial charge in [0.2, 0.25) is 0 Å². The van der Waals surface area contributed by atoms with Gasteiger partial charge in [-0.05, 0) is 44.6 Å². The summed E-state index contributed by atoms with van der Waals surface area (Å²) < 4.78 is 23.2. The van der Waals surface area contributed by atoms with Gasteiger partial charge in [0.25, 0.3) is 0 Å². The summed E-state index contributed by atoms with van der Waals surface area (Å²) in [6.07, 6.45) is 7.80. The van der Waals surface area contributed by atoms with Crippen LogP contribution in [0.15, 0.2) is 11.6 Å². The highest BCUT2D eigenvalue weighted by Crippen LogP contribution is 2.30. The molecule has 0 spiro atoms. The van der Waals surface area contributed by atoms with Gasteiger partial charge in [-0.1, -0.05) is 18.6 Å². The average Bonchev–Trinajstić information content (AvgIpc) is 2.89. The Morgan fingerprint density at radius 2 is 2.35 bits per heavy atom. The van der Waals surface area contributed by atoms with E-state index in [0.29, 0.717) is 23.5 Å². The molecule has 4 heteroatoms. The van der Waals surface area contributed by atoms with Gasteiger partial charge in [0.15, 0.2) is 9.84 Å². The zero-order valence-electron chi connectivity index (χ0n) is 10.6. The lowest BCUT2D eigenvalue weighted by atomic mass is 9.91. The maximum absolute atomic E-state index is 11.6. The molecule has 1 aliphatic carbocycles. The second-order valence-electron chi connectivity index (χ2n) is 5.27. The van der Waals surface area contributed by atoms with Gasteiger partial charge in [-0.2, -0.15) is 0 Å². The van der Waals surface area contributed by atoms with E-state index in [4.69, 9.17) is 0 Å². The molecule has 1 saturated heterocycles. The van der Waals surface area contributed by atoms with Crippen LogP contribution < -0.4 is 5.32 Å². The highest BCUT2D eigenvalue weighted by molar-refractivity contribution is 7.91. The van der Waals surface area contributed by atoms with E-state index in [0.717, 1.165) is 25.8 Å². The lowest BCUT2D eigenvalue weighted by Gasteiger charge is -2.25. The molecule has 98 valence electrons. The van der Waals surface area contributed by atoms with E-state index in [1.807, 2.05) is 0 Å². The molecule has 0 radical (unpaired) electrons. The zero-order chi connectivity index (χ0) is 12.3. The number of hydrogen-bond donors (Lipinski definition) is 1. The molecule has 0 aromatic carbocycles. The Balaban J connectivity index is 2.05. The minimum atomic E-state index is -2.76. The second kappa shape index (κ2) is 5.53. The number of hydrogen-bond acceptors (Lipinski definition) is 3. The smallest absolute Gasteiger partial charge is 0.150 e. The van der Waals surface area contributed by atoms with Crippen molar-refractivity contribution < 1.29 is 8.42 Å². The number of nitrogens with one attached hydrogen (secondary N) is 1. The first-order valence-corrected chi connectivity index (χ1v) is 8.57. The summed E-state index contributed by atoms with van der Waals surface area (Å²) in [5.74, 6) is 1.07. The number of allylic oxidation sites excluding steroid dienone is 1. The highest BCUT2D eigenvalue weighted by atomic mass is 32.2. The van der Waals surface area contributed by atoms with Crippen molar-refractivity contribution in [3.05, 3.63) is 11.6 Å². The van der Waals surface area contributed by atoms with Crippen molar-refractivity contribution >= 4 is 9.84 Å². The van der Waals surface area contributed by atoms with Gasteiger partial charge in [-0.3, -0.25) is 0 Å². The first-order chi connectivity index (χ1) is 8.12. The minimum Gasteiger partial charge on any atom is -0.310 e. The third kappa shape index (κ3) is 3.32. The van der Waals surface area contributed by atoms with Crippen LogP contribution in [0.4, 0.5) is 0 Å². The quantitative estimate of drug-likeness (QED) is 0.765. The maximum Gasteiger partial charge on any atom is 0.150 e. The van der Waals surface area contributed by atoms with Gasteiger partial charge in [0.1, 0.15) is 0 Å². The van der Waals surface area contributed by atoms with Crippen LogP contribution in [0.5, 0.6) is 0 Å². The van der Waals surface area contributed by atoms with Crippen molar-refractivity contribution in [1.82, 2.24) is 5.32 Å². The van der Waals surface area contributed by atoms with E-state index in [1.165, 1.54) is 18.4 Å². The third-order valence-electron chi connectivity index (χ3n) is 3.83. The first-order valence-electron chi connectivity index (χ1n) is 6.75.